The summed E-state index contributed by atoms with van der Waals surface area (Å²) in [6.45, 7) is 1.92. The number of amides is 1. The molecular weight excluding hydrogens is 422 g/mol. The summed E-state index contributed by atoms with van der Waals surface area (Å²) >= 11 is 0. The SMILES string of the molecule is COc1cccc(OC)c1/C(O)=C1\C(=O)C(=O)N(c2ccc(C)cc2)C1c1cccc(O)c1. The monoisotopic (exact) mass is 445 g/mol. The highest BCUT2D eigenvalue weighted by Crippen LogP contribution is 2.45. The Bertz CT molecular complexity index is 1240. The number of benzene rings is 3. The number of phenols is 1. The van der Waals surface area contributed by atoms with Gasteiger partial charge in [-0.2, -0.15) is 0 Å². The van der Waals surface area contributed by atoms with E-state index in [0.717, 1.165) is 5.56 Å². The van der Waals surface area contributed by atoms with Crippen LogP contribution in [0.3, 0.4) is 0 Å². The molecule has 0 spiro atoms. The van der Waals surface area contributed by atoms with Crippen molar-refractivity contribution in [3.63, 3.8) is 0 Å². The minimum Gasteiger partial charge on any atom is -0.508 e. The minimum atomic E-state index is -0.977. The number of rotatable bonds is 5. The number of aryl methyl sites for hydroxylation is 1. The van der Waals surface area contributed by atoms with Gasteiger partial charge in [-0.1, -0.05) is 35.9 Å². The van der Waals surface area contributed by atoms with Crippen LogP contribution in [0.25, 0.3) is 5.76 Å². The lowest BCUT2D eigenvalue weighted by atomic mass is 9.94. The number of ketones is 1. The molecule has 1 unspecified atom stereocenters. The van der Waals surface area contributed by atoms with Crippen molar-refractivity contribution in [1.29, 1.82) is 0 Å². The zero-order valence-electron chi connectivity index (χ0n) is 18.4. The molecule has 1 saturated heterocycles. The number of Topliss-reactive ketones (excluding diaryl/α,β-unsaturated/α-hetero) is 1. The summed E-state index contributed by atoms with van der Waals surface area (Å²) in [4.78, 5) is 27.8. The first-order valence-corrected chi connectivity index (χ1v) is 10.2. The second kappa shape index (κ2) is 8.70. The maximum absolute atomic E-state index is 13.3. The molecule has 4 rings (SSSR count). The van der Waals surface area contributed by atoms with Crippen LogP contribution in [-0.2, 0) is 9.59 Å². The van der Waals surface area contributed by atoms with E-state index in [1.54, 1.807) is 42.5 Å². The summed E-state index contributed by atoms with van der Waals surface area (Å²) in [6.07, 6.45) is 0. The molecule has 1 atom stereocenters. The summed E-state index contributed by atoms with van der Waals surface area (Å²) in [5.41, 5.74) is 1.97. The number of aliphatic hydroxyl groups is 1. The highest BCUT2D eigenvalue weighted by atomic mass is 16.5. The van der Waals surface area contributed by atoms with Crippen molar-refractivity contribution < 1.29 is 29.3 Å². The van der Waals surface area contributed by atoms with Crippen LogP contribution in [0.15, 0.2) is 72.3 Å². The summed E-state index contributed by atoms with van der Waals surface area (Å²) < 4.78 is 10.8. The van der Waals surface area contributed by atoms with E-state index < -0.39 is 23.5 Å². The molecule has 3 aromatic carbocycles. The van der Waals surface area contributed by atoms with Gasteiger partial charge in [-0.3, -0.25) is 14.5 Å². The third-order valence-electron chi connectivity index (χ3n) is 5.61. The average molecular weight is 445 g/mol. The van der Waals surface area contributed by atoms with Gasteiger partial charge in [0.25, 0.3) is 11.7 Å². The maximum Gasteiger partial charge on any atom is 0.300 e. The predicted octanol–water partition coefficient (Wildman–Crippen LogP) is 4.34. The normalized spacial score (nSPS) is 17.3. The number of aromatic hydroxyl groups is 1. The van der Waals surface area contributed by atoms with Crippen molar-refractivity contribution in [2.75, 3.05) is 19.1 Å². The third kappa shape index (κ3) is 3.78. The molecule has 2 N–H and O–H groups in total. The standard InChI is InChI=1S/C26H23NO6/c1-15-10-12-17(13-11-15)27-23(16-6-4-7-18(28)14-16)22(25(30)26(27)31)24(29)21-19(32-2)8-5-9-20(21)33-3/h4-14,23,28-29H,1-3H3/b24-22+. The smallest absolute Gasteiger partial charge is 0.300 e. The Morgan fingerprint density at radius 3 is 2.09 bits per heavy atom. The van der Waals surface area contributed by atoms with Crippen LogP contribution in [0.2, 0.25) is 0 Å². The van der Waals surface area contributed by atoms with Crippen molar-refractivity contribution in [1.82, 2.24) is 0 Å². The quantitative estimate of drug-likeness (QED) is 0.345. The lowest BCUT2D eigenvalue weighted by Gasteiger charge is -2.26. The molecule has 0 radical (unpaired) electrons. The largest absolute Gasteiger partial charge is 0.508 e. The van der Waals surface area contributed by atoms with Gasteiger partial charge < -0.3 is 19.7 Å². The van der Waals surface area contributed by atoms with Gasteiger partial charge in [-0.05, 0) is 48.9 Å². The van der Waals surface area contributed by atoms with Gasteiger partial charge in [0.15, 0.2) is 0 Å². The van der Waals surface area contributed by atoms with Crippen molar-refractivity contribution in [3.8, 4) is 17.2 Å². The first kappa shape index (κ1) is 22.0. The molecule has 0 aromatic heterocycles. The molecule has 3 aromatic rings. The number of phenolic OH excluding ortho intramolecular Hbond substituents is 1. The van der Waals surface area contributed by atoms with Crippen molar-refractivity contribution in [2.24, 2.45) is 0 Å². The Hall–Kier alpha value is -4.26. The second-order valence-electron chi connectivity index (χ2n) is 7.64. The van der Waals surface area contributed by atoms with E-state index in [0.29, 0.717) is 11.3 Å². The highest BCUT2D eigenvalue weighted by Gasteiger charge is 2.47. The van der Waals surface area contributed by atoms with Crippen molar-refractivity contribution in [3.05, 3.63) is 89.0 Å². The number of carbonyl (C=O) groups is 2. The number of hydrogen-bond donors (Lipinski definition) is 2. The van der Waals surface area contributed by atoms with Crippen LogP contribution in [0.4, 0.5) is 5.69 Å². The molecule has 1 fully saturated rings. The lowest BCUT2D eigenvalue weighted by Crippen LogP contribution is -2.29. The first-order chi connectivity index (χ1) is 15.9. The predicted molar refractivity (Wildman–Crippen MR) is 124 cm³/mol. The Balaban J connectivity index is 2.01. The fraction of sp³-hybridized carbons (Fsp3) is 0.154. The number of anilines is 1. The van der Waals surface area contributed by atoms with Crippen LogP contribution in [0.5, 0.6) is 17.2 Å². The number of aliphatic hydroxyl groups excluding tert-OH is 1. The van der Waals surface area contributed by atoms with Crippen LogP contribution < -0.4 is 14.4 Å². The summed E-state index contributed by atoms with van der Waals surface area (Å²) in [7, 11) is 2.87. The topological polar surface area (TPSA) is 96.3 Å². The van der Waals surface area contributed by atoms with Crippen LogP contribution in [-0.4, -0.2) is 36.1 Å². The molecule has 7 nitrogen and oxygen atoms in total. The minimum absolute atomic E-state index is 0.0307. The fourth-order valence-electron chi connectivity index (χ4n) is 4.03. The van der Waals surface area contributed by atoms with Gasteiger partial charge in [-0.25, -0.2) is 0 Å². The van der Waals surface area contributed by atoms with E-state index >= 15 is 0 Å². The Labute approximate surface area is 191 Å². The van der Waals surface area contributed by atoms with Crippen molar-refractivity contribution in [2.45, 2.75) is 13.0 Å². The zero-order valence-corrected chi connectivity index (χ0v) is 18.4. The number of methoxy groups -OCH3 is 2. The second-order valence-corrected chi connectivity index (χ2v) is 7.64. The van der Waals surface area contributed by atoms with Gasteiger partial charge in [0, 0.05) is 5.69 Å². The van der Waals surface area contributed by atoms with Gasteiger partial charge in [0.1, 0.15) is 28.6 Å². The van der Waals surface area contributed by atoms with Gasteiger partial charge >= 0.3 is 0 Å². The van der Waals surface area contributed by atoms with Crippen LogP contribution in [0.1, 0.15) is 22.7 Å². The Kier molecular flexibility index (Phi) is 5.79. The molecule has 0 aliphatic carbocycles. The Morgan fingerprint density at radius 2 is 1.52 bits per heavy atom. The highest BCUT2D eigenvalue weighted by molar-refractivity contribution is 6.51. The Morgan fingerprint density at radius 1 is 0.909 bits per heavy atom. The third-order valence-corrected chi connectivity index (χ3v) is 5.61. The molecule has 1 amide bonds. The molecule has 0 bridgehead atoms. The molecule has 0 saturated carbocycles. The molecule has 1 heterocycles. The fourth-order valence-corrected chi connectivity index (χ4v) is 4.03. The van der Waals surface area contributed by atoms with Crippen LogP contribution in [0, 0.1) is 6.92 Å². The number of hydrogen-bond acceptors (Lipinski definition) is 6. The van der Waals surface area contributed by atoms with E-state index in [1.807, 2.05) is 19.1 Å². The molecule has 1 aliphatic rings. The number of ether oxygens (including phenoxy) is 2. The summed E-state index contributed by atoms with van der Waals surface area (Å²) in [6, 6.07) is 17.3. The van der Waals surface area contributed by atoms with Crippen LogP contribution >= 0.6 is 0 Å². The molecular formula is C26H23NO6. The molecule has 7 heteroatoms. The number of nitrogens with zero attached hydrogens (tertiary/aromatic N) is 1. The van der Waals surface area contributed by atoms with E-state index in [4.69, 9.17) is 9.47 Å². The van der Waals surface area contributed by atoms with E-state index in [9.17, 15) is 19.8 Å². The average Bonchev–Trinajstić information content (AvgIpc) is 3.09. The maximum atomic E-state index is 13.3. The van der Waals surface area contributed by atoms with E-state index in [-0.39, 0.29) is 28.4 Å². The molecule has 1 aliphatic heterocycles. The van der Waals surface area contributed by atoms with E-state index in [1.165, 1.54) is 31.3 Å². The molecule has 168 valence electrons. The summed E-state index contributed by atoms with van der Waals surface area (Å²) in [5, 5.41) is 21.5. The van der Waals surface area contributed by atoms with Gasteiger partial charge in [0.05, 0.1) is 25.8 Å². The van der Waals surface area contributed by atoms with Gasteiger partial charge in [-0.15, -0.1) is 0 Å². The van der Waals surface area contributed by atoms with E-state index in [2.05, 4.69) is 0 Å². The first-order valence-electron chi connectivity index (χ1n) is 10.2. The summed E-state index contributed by atoms with van der Waals surface area (Å²) in [5.74, 6) is -1.54. The zero-order chi connectivity index (χ0) is 23.7. The molecule has 33 heavy (non-hydrogen) atoms. The number of carbonyl (C=O) groups excluding carboxylic acids is 2. The van der Waals surface area contributed by atoms with Gasteiger partial charge in [0.2, 0.25) is 0 Å². The lowest BCUT2D eigenvalue weighted by molar-refractivity contribution is -0.132. The van der Waals surface area contributed by atoms with Crippen molar-refractivity contribution >= 4 is 23.1 Å².